The van der Waals surface area contributed by atoms with Gasteiger partial charge in [0.05, 0.1) is 11.3 Å². The quantitative estimate of drug-likeness (QED) is 0.722. The monoisotopic (exact) mass is 472 g/mol. The number of para-hydroxylation sites is 1. The van der Waals surface area contributed by atoms with Crippen molar-refractivity contribution in [2.45, 2.75) is 75.2 Å². The fraction of sp³-hybridized carbons (Fsp3) is 0.583. The number of ether oxygens (including phenoxy) is 1. The number of rotatable bonds is 5. The van der Waals surface area contributed by atoms with Gasteiger partial charge in [0.25, 0.3) is 5.91 Å². The number of aromatic nitrogens is 2. The summed E-state index contributed by atoms with van der Waals surface area (Å²) in [6, 6.07) is 7.65. The summed E-state index contributed by atoms with van der Waals surface area (Å²) >= 11 is 0. The molecule has 3 heterocycles. The van der Waals surface area contributed by atoms with E-state index in [9.17, 15) is 13.2 Å². The van der Waals surface area contributed by atoms with E-state index < -0.39 is 10.0 Å². The Morgan fingerprint density at radius 3 is 2.79 bits per heavy atom. The van der Waals surface area contributed by atoms with Gasteiger partial charge in [-0.3, -0.25) is 4.79 Å². The predicted molar refractivity (Wildman–Crippen MR) is 125 cm³/mol. The standard InChI is InChI=1S/C24H32N4O4S/c1-27(33(30,31)20-8-3-2-4-9-20)19-11-12-23-26-21(15-28(23)14-19)24(29)25-18-13-17-7-5-6-10-22(17)32-16-18/h5-7,10,15,18-20H,2-4,8-9,11-14,16H2,1H3,(H,25,29). The van der Waals surface area contributed by atoms with E-state index in [2.05, 4.69) is 10.3 Å². The molecule has 1 N–H and O–H groups in total. The Hall–Kier alpha value is -2.39. The molecule has 0 bridgehead atoms. The molecule has 2 aliphatic heterocycles. The van der Waals surface area contributed by atoms with Crippen LogP contribution in [0.1, 0.15) is 60.4 Å². The second kappa shape index (κ2) is 9.10. The maximum absolute atomic E-state index is 13.1. The molecule has 5 rings (SSSR count). The SMILES string of the molecule is CN(C1CCc2nc(C(=O)NC3COc4ccccc4C3)cn2C1)S(=O)(=O)C1CCCCC1. The molecule has 1 saturated carbocycles. The molecule has 0 spiro atoms. The summed E-state index contributed by atoms with van der Waals surface area (Å²) in [5, 5.41) is 2.78. The van der Waals surface area contributed by atoms with Gasteiger partial charge in [0.15, 0.2) is 0 Å². The van der Waals surface area contributed by atoms with Crippen LogP contribution in [0.2, 0.25) is 0 Å². The highest BCUT2D eigenvalue weighted by Gasteiger charge is 2.36. The highest BCUT2D eigenvalue weighted by molar-refractivity contribution is 7.89. The molecular formula is C24H32N4O4S. The van der Waals surface area contributed by atoms with Crippen molar-refractivity contribution in [1.82, 2.24) is 19.2 Å². The van der Waals surface area contributed by atoms with Crippen LogP contribution < -0.4 is 10.1 Å². The smallest absolute Gasteiger partial charge is 0.271 e. The minimum absolute atomic E-state index is 0.106. The number of aryl methyl sites for hydroxylation is 1. The van der Waals surface area contributed by atoms with Crippen molar-refractivity contribution in [2.24, 2.45) is 0 Å². The van der Waals surface area contributed by atoms with Crippen LogP contribution in [0.5, 0.6) is 5.75 Å². The lowest BCUT2D eigenvalue weighted by Crippen LogP contribution is -2.46. The number of carbonyl (C=O) groups is 1. The third-order valence-electron chi connectivity index (χ3n) is 7.30. The normalized spacial score (nSPS) is 23.5. The maximum Gasteiger partial charge on any atom is 0.271 e. The number of fused-ring (bicyclic) bond motifs is 2. The molecular weight excluding hydrogens is 440 g/mol. The Bertz CT molecular complexity index is 1120. The van der Waals surface area contributed by atoms with E-state index in [1.54, 1.807) is 17.5 Å². The largest absolute Gasteiger partial charge is 0.491 e. The average molecular weight is 473 g/mol. The minimum atomic E-state index is -3.31. The van der Waals surface area contributed by atoms with Crippen molar-refractivity contribution in [3.8, 4) is 5.75 Å². The third-order valence-corrected chi connectivity index (χ3v) is 9.72. The number of nitrogens with zero attached hydrogens (tertiary/aromatic N) is 3. The van der Waals surface area contributed by atoms with Crippen molar-refractivity contribution in [3.63, 3.8) is 0 Å². The first-order chi connectivity index (χ1) is 15.9. The zero-order valence-corrected chi connectivity index (χ0v) is 19.9. The lowest BCUT2D eigenvalue weighted by molar-refractivity contribution is 0.0910. The number of imidazole rings is 1. The molecule has 8 nitrogen and oxygen atoms in total. The van der Waals surface area contributed by atoms with Gasteiger partial charge in [-0.15, -0.1) is 0 Å². The number of hydrogen-bond donors (Lipinski definition) is 1. The first kappa shape index (κ1) is 22.4. The van der Waals surface area contributed by atoms with Crippen LogP contribution >= 0.6 is 0 Å². The van der Waals surface area contributed by atoms with Crippen molar-refractivity contribution in [2.75, 3.05) is 13.7 Å². The van der Waals surface area contributed by atoms with Crippen LogP contribution in [0.15, 0.2) is 30.5 Å². The van der Waals surface area contributed by atoms with E-state index in [0.29, 0.717) is 31.7 Å². The van der Waals surface area contributed by atoms with Gasteiger partial charge in [0.2, 0.25) is 10.0 Å². The molecule has 1 aromatic heterocycles. The number of sulfonamides is 1. The Morgan fingerprint density at radius 1 is 1.18 bits per heavy atom. The van der Waals surface area contributed by atoms with Gasteiger partial charge in [0, 0.05) is 32.3 Å². The summed E-state index contributed by atoms with van der Waals surface area (Å²) in [5.41, 5.74) is 1.46. The first-order valence-corrected chi connectivity index (χ1v) is 13.5. The second-order valence-corrected chi connectivity index (χ2v) is 11.8. The summed E-state index contributed by atoms with van der Waals surface area (Å²) in [6.45, 7) is 0.959. The van der Waals surface area contributed by atoms with Gasteiger partial charge < -0.3 is 14.6 Å². The number of hydrogen-bond acceptors (Lipinski definition) is 5. The third kappa shape index (κ3) is 4.53. The summed E-state index contributed by atoms with van der Waals surface area (Å²) < 4.78 is 35.6. The van der Waals surface area contributed by atoms with E-state index in [1.807, 2.05) is 28.8 Å². The number of benzene rings is 1. The highest BCUT2D eigenvalue weighted by Crippen LogP contribution is 2.29. The fourth-order valence-corrected chi connectivity index (χ4v) is 7.31. The first-order valence-electron chi connectivity index (χ1n) is 12.0. The molecule has 0 radical (unpaired) electrons. The van der Waals surface area contributed by atoms with E-state index in [0.717, 1.165) is 55.7 Å². The number of likely N-dealkylation sites (N-methyl/N-ethyl adjacent to an activating group) is 1. The average Bonchev–Trinajstić information content (AvgIpc) is 3.28. The van der Waals surface area contributed by atoms with Crippen LogP contribution in [0.25, 0.3) is 0 Å². The Morgan fingerprint density at radius 2 is 1.97 bits per heavy atom. The highest BCUT2D eigenvalue weighted by atomic mass is 32.2. The van der Waals surface area contributed by atoms with Crippen LogP contribution in [-0.4, -0.2) is 59.2 Å². The molecule has 33 heavy (non-hydrogen) atoms. The van der Waals surface area contributed by atoms with E-state index in [1.165, 1.54) is 0 Å². The lowest BCUT2D eigenvalue weighted by atomic mass is 10.0. The summed E-state index contributed by atoms with van der Waals surface area (Å²) in [6.07, 6.45) is 8.48. The predicted octanol–water partition coefficient (Wildman–Crippen LogP) is 2.53. The number of amides is 1. The van der Waals surface area contributed by atoms with E-state index in [4.69, 9.17) is 4.74 Å². The van der Waals surface area contributed by atoms with Crippen LogP contribution in [0, 0.1) is 0 Å². The topological polar surface area (TPSA) is 93.5 Å². The van der Waals surface area contributed by atoms with Gasteiger partial charge in [0.1, 0.15) is 23.9 Å². The fourth-order valence-electron chi connectivity index (χ4n) is 5.32. The van der Waals surface area contributed by atoms with Crippen molar-refractivity contribution >= 4 is 15.9 Å². The molecule has 1 aromatic carbocycles. The molecule has 9 heteroatoms. The number of nitrogens with one attached hydrogen (secondary N) is 1. The Balaban J connectivity index is 1.23. The summed E-state index contributed by atoms with van der Waals surface area (Å²) in [4.78, 5) is 17.4. The van der Waals surface area contributed by atoms with Gasteiger partial charge in [-0.1, -0.05) is 37.5 Å². The minimum Gasteiger partial charge on any atom is -0.491 e. The molecule has 2 unspecified atom stereocenters. The Labute approximate surface area is 195 Å². The molecule has 1 aliphatic carbocycles. The maximum atomic E-state index is 13.1. The lowest BCUT2D eigenvalue weighted by Gasteiger charge is -2.34. The van der Waals surface area contributed by atoms with Crippen molar-refractivity contribution < 1.29 is 17.9 Å². The summed E-state index contributed by atoms with van der Waals surface area (Å²) in [5.74, 6) is 1.49. The van der Waals surface area contributed by atoms with Crippen molar-refractivity contribution in [3.05, 3.63) is 47.5 Å². The zero-order valence-electron chi connectivity index (χ0n) is 19.1. The molecule has 3 aliphatic rings. The molecule has 2 aromatic rings. The van der Waals surface area contributed by atoms with Crippen LogP contribution in [0.4, 0.5) is 0 Å². The van der Waals surface area contributed by atoms with E-state index in [-0.39, 0.29) is 23.2 Å². The second-order valence-electron chi connectivity index (χ2n) is 9.50. The van der Waals surface area contributed by atoms with E-state index >= 15 is 0 Å². The van der Waals surface area contributed by atoms with Crippen LogP contribution in [0.3, 0.4) is 0 Å². The van der Waals surface area contributed by atoms with Gasteiger partial charge >= 0.3 is 0 Å². The van der Waals surface area contributed by atoms with Gasteiger partial charge in [-0.2, -0.15) is 4.31 Å². The van der Waals surface area contributed by atoms with Gasteiger partial charge in [-0.25, -0.2) is 13.4 Å². The van der Waals surface area contributed by atoms with Crippen LogP contribution in [-0.2, 0) is 29.4 Å². The van der Waals surface area contributed by atoms with Gasteiger partial charge in [-0.05, 0) is 37.3 Å². The summed E-state index contributed by atoms with van der Waals surface area (Å²) in [7, 11) is -1.60. The van der Waals surface area contributed by atoms with Crippen molar-refractivity contribution in [1.29, 1.82) is 0 Å². The molecule has 1 amide bonds. The number of carbonyl (C=O) groups excluding carboxylic acids is 1. The molecule has 1 fully saturated rings. The Kier molecular flexibility index (Phi) is 6.18. The zero-order chi connectivity index (χ0) is 23.0. The molecule has 0 saturated heterocycles. The molecule has 2 atom stereocenters. The molecule has 178 valence electrons.